The molecule has 0 saturated heterocycles. The third-order valence-electron chi connectivity index (χ3n) is 2.92. The highest BCUT2D eigenvalue weighted by Crippen LogP contribution is 2.21. The Hall–Kier alpha value is -3.03. The SMILES string of the molecule is Cc1cc(Nc2ccc(F)cc2F)nc(Nc2cc(C)on2)n1. The lowest BCUT2D eigenvalue weighted by atomic mass is 10.3. The number of aryl methyl sites for hydroxylation is 2. The van der Waals surface area contributed by atoms with Crippen molar-refractivity contribution in [2.75, 3.05) is 10.6 Å². The third kappa shape index (κ3) is 3.60. The lowest BCUT2D eigenvalue weighted by molar-refractivity contribution is 0.400. The average molecular weight is 317 g/mol. The topological polar surface area (TPSA) is 75.9 Å². The summed E-state index contributed by atoms with van der Waals surface area (Å²) < 4.78 is 31.6. The Kier molecular flexibility index (Phi) is 3.88. The number of rotatable bonds is 4. The number of anilines is 4. The van der Waals surface area contributed by atoms with Gasteiger partial charge in [0.25, 0.3) is 0 Å². The summed E-state index contributed by atoms with van der Waals surface area (Å²) in [4.78, 5) is 8.44. The standard InChI is InChI=1S/C15H13F2N5O/c1-8-5-13(19-12-4-3-10(16)7-11(12)17)20-15(18-8)21-14-6-9(2)23-22-14/h3-7H,1-2H3,(H2,18,19,20,21,22). The molecule has 23 heavy (non-hydrogen) atoms. The second-order valence-corrected chi connectivity index (χ2v) is 4.92. The van der Waals surface area contributed by atoms with E-state index in [1.54, 1.807) is 26.0 Å². The van der Waals surface area contributed by atoms with E-state index in [0.717, 1.165) is 12.1 Å². The van der Waals surface area contributed by atoms with Gasteiger partial charge < -0.3 is 15.2 Å². The maximum Gasteiger partial charge on any atom is 0.230 e. The number of aromatic nitrogens is 3. The molecule has 2 aromatic heterocycles. The molecule has 0 saturated carbocycles. The molecule has 0 amide bonds. The van der Waals surface area contributed by atoms with Crippen LogP contribution in [0.25, 0.3) is 0 Å². The summed E-state index contributed by atoms with van der Waals surface area (Å²) in [5.74, 6) is 0.409. The highest BCUT2D eigenvalue weighted by Gasteiger charge is 2.08. The second-order valence-electron chi connectivity index (χ2n) is 4.92. The predicted octanol–water partition coefficient (Wildman–Crippen LogP) is 3.85. The molecule has 8 heteroatoms. The van der Waals surface area contributed by atoms with Crippen molar-refractivity contribution >= 4 is 23.3 Å². The van der Waals surface area contributed by atoms with E-state index in [-0.39, 0.29) is 11.6 Å². The number of hydrogen-bond acceptors (Lipinski definition) is 6. The fourth-order valence-electron chi connectivity index (χ4n) is 1.96. The van der Waals surface area contributed by atoms with Crippen molar-refractivity contribution in [2.24, 2.45) is 0 Å². The molecule has 2 N–H and O–H groups in total. The van der Waals surface area contributed by atoms with Gasteiger partial charge in [0.1, 0.15) is 23.2 Å². The first-order valence-corrected chi connectivity index (χ1v) is 6.78. The first kappa shape index (κ1) is 14.9. The fraction of sp³-hybridized carbons (Fsp3) is 0.133. The molecule has 0 atom stereocenters. The molecule has 0 bridgehead atoms. The number of nitrogens with zero attached hydrogens (tertiary/aromatic N) is 3. The van der Waals surface area contributed by atoms with Gasteiger partial charge in [-0.15, -0.1) is 0 Å². The number of hydrogen-bond donors (Lipinski definition) is 2. The quantitative estimate of drug-likeness (QED) is 0.761. The first-order valence-electron chi connectivity index (χ1n) is 6.78. The molecule has 2 heterocycles. The molecule has 0 fully saturated rings. The van der Waals surface area contributed by atoms with Gasteiger partial charge in [0.05, 0.1) is 5.69 Å². The highest BCUT2D eigenvalue weighted by molar-refractivity contribution is 5.59. The van der Waals surface area contributed by atoms with Crippen molar-refractivity contribution in [2.45, 2.75) is 13.8 Å². The summed E-state index contributed by atoms with van der Waals surface area (Å²) in [6.07, 6.45) is 0. The summed E-state index contributed by atoms with van der Waals surface area (Å²) in [5, 5.41) is 9.48. The van der Waals surface area contributed by atoms with Crippen LogP contribution >= 0.6 is 0 Å². The summed E-state index contributed by atoms with van der Waals surface area (Å²) >= 11 is 0. The zero-order valence-corrected chi connectivity index (χ0v) is 12.4. The van der Waals surface area contributed by atoms with E-state index in [4.69, 9.17) is 4.52 Å². The Morgan fingerprint density at radius 1 is 0.957 bits per heavy atom. The third-order valence-corrected chi connectivity index (χ3v) is 2.92. The monoisotopic (exact) mass is 317 g/mol. The highest BCUT2D eigenvalue weighted by atomic mass is 19.1. The van der Waals surface area contributed by atoms with E-state index in [1.165, 1.54) is 6.07 Å². The fourth-order valence-corrected chi connectivity index (χ4v) is 1.96. The van der Waals surface area contributed by atoms with Gasteiger partial charge in [-0.05, 0) is 26.0 Å². The molecule has 118 valence electrons. The maximum absolute atomic E-state index is 13.7. The van der Waals surface area contributed by atoms with Crippen LogP contribution < -0.4 is 10.6 Å². The van der Waals surface area contributed by atoms with Gasteiger partial charge in [0.2, 0.25) is 5.95 Å². The van der Waals surface area contributed by atoms with Gasteiger partial charge >= 0.3 is 0 Å². The van der Waals surface area contributed by atoms with Crippen LogP contribution in [0.4, 0.5) is 32.1 Å². The second kappa shape index (κ2) is 5.99. The van der Waals surface area contributed by atoms with Crippen LogP contribution in [0, 0.1) is 25.5 Å². The van der Waals surface area contributed by atoms with Gasteiger partial charge in [0, 0.05) is 23.9 Å². The molecule has 0 spiro atoms. The minimum Gasteiger partial charge on any atom is -0.360 e. The van der Waals surface area contributed by atoms with Crippen LogP contribution in [0.3, 0.4) is 0 Å². The van der Waals surface area contributed by atoms with Crippen LogP contribution in [-0.2, 0) is 0 Å². The normalized spacial score (nSPS) is 10.6. The minimum atomic E-state index is -0.706. The van der Waals surface area contributed by atoms with Gasteiger partial charge in [0.15, 0.2) is 5.82 Å². The van der Waals surface area contributed by atoms with E-state index >= 15 is 0 Å². The minimum absolute atomic E-state index is 0.118. The summed E-state index contributed by atoms with van der Waals surface area (Å²) in [5.41, 5.74) is 0.778. The van der Waals surface area contributed by atoms with E-state index in [2.05, 4.69) is 25.8 Å². The molecule has 1 aromatic carbocycles. The van der Waals surface area contributed by atoms with Gasteiger partial charge in [-0.1, -0.05) is 5.16 Å². The van der Waals surface area contributed by atoms with Gasteiger partial charge in [-0.25, -0.2) is 13.8 Å². The van der Waals surface area contributed by atoms with Crippen molar-refractivity contribution in [3.8, 4) is 0 Å². The Balaban J connectivity index is 1.85. The van der Waals surface area contributed by atoms with Crippen molar-refractivity contribution in [3.63, 3.8) is 0 Å². The van der Waals surface area contributed by atoms with Crippen LogP contribution in [0.5, 0.6) is 0 Å². The molecule has 6 nitrogen and oxygen atoms in total. The zero-order chi connectivity index (χ0) is 16.4. The van der Waals surface area contributed by atoms with Crippen LogP contribution in [-0.4, -0.2) is 15.1 Å². The molecule has 0 radical (unpaired) electrons. The molecule has 0 aliphatic heterocycles. The summed E-state index contributed by atoms with van der Waals surface area (Å²) in [6, 6.07) is 6.60. The van der Waals surface area contributed by atoms with E-state index in [9.17, 15) is 8.78 Å². The Morgan fingerprint density at radius 2 is 1.78 bits per heavy atom. The van der Waals surface area contributed by atoms with E-state index in [1.807, 2.05) is 0 Å². The summed E-state index contributed by atoms with van der Waals surface area (Å²) in [6.45, 7) is 3.53. The number of nitrogens with one attached hydrogen (secondary N) is 2. The van der Waals surface area contributed by atoms with Crippen molar-refractivity contribution in [1.29, 1.82) is 0 Å². The van der Waals surface area contributed by atoms with Gasteiger partial charge in [-0.2, -0.15) is 4.98 Å². The molecular weight excluding hydrogens is 304 g/mol. The lowest BCUT2D eigenvalue weighted by Crippen LogP contribution is -2.03. The summed E-state index contributed by atoms with van der Waals surface area (Å²) in [7, 11) is 0. The van der Waals surface area contributed by atoms with E-state index in [0.29, 0.717) is 23.1 Å². The van der Waals surface area contributed by atoms with Crippen LogP contribution in [0.1, 0.15) is 11.5 Å². The number of benzene rings is 1. The molecule has 3 rings (SSSR count). The van der Waals surface area contributed by atoms with Crippen LogP contribution in [0.15, 0.2) is 34.9 Å². The smallest absolute Gasteiger partial charge is 0.230 e. The largest absolute Gasteiger partial charge is 0.360 e. The number of halogens is 2. The zero-order valence-electron chi connectivity index (χ0n) is 12.4. The Morgan fingerprint density at radius 3 is 2.48 bits per heavy atom. The van der Waals surface area contributed by atoms with E-state index < -0.39 is 11.6 Å². The molecule has 0 aliphatic rings. The van der Waals surface area contributed by atoms with Gasteiger partial charge in [-0.3, -0.25) is 0 Å². The molecule has 3 aromatic rings. The Bertz CT molecular complexity index is 850. The first-order chi connectivity index (χ1) is 11.0. The molecule has 0 unspecified atom stereocenters. The Labute approximate surface area is 130 Å². The van der Waals surface area contributed by atoms with Crippen molar-refractivity contribution in [3.05, 3.63) is 53.4 Å². The lowest BCUT2D eigenvalue weighted by Gasteiger charge is -2.09. The maximum atomic E-state index is 13.7. The average Bonchev–Trinajstić information content (AvgIpc) is 2.86. The van der Waals surface area contributed by atoms with Crippen LogP contribution in [0.2, 0.25) is 0 Å². The predicted molar refractivity (Wildman–Crippen MR) is 80.9 cm³/mol. The molecule has 0 aliphatic carbocycles. The van der Waals surface area contributed by atoms with Crippen molar-refractivity contribution in [1.82, 2.24) is 15.1 Å². The van der Waals surface area contributed by atoms with Crippen molar-refractivity contribution < 1.29 is 13.3 Å². The molecular formula is C15H13F2N5O.